The van der Waals surface area contributed by atoms with Crippen molar-refractivity contribution in [2.24, 2.45) is 5.92 Å². The predicted octanol–water partition coefficient (Wildman–Crippen LogP) is 3.04. The molecule has 5 heteroatoms. The zero-order valence-electron chi connectivity index (χ0n) is 17.2. The van der Waals surface area contributed by atoms with E-state index in [0.717, 1.165) is 45.2 Å². The van der Waals surface area contributed by atoms with Crippen molar-refractivity contribution in [2.45, 2.75) is 61.6 Å². The lowest BCUT2D eigenvalue weighted by Crippen LogP contribution is -2.67. The smallest absolute Gasteiger partial charge is 0.320 e. The molecule has 0 bridgehead atoms. The van der Waals surface area contributed by atoms with E-state index in [4.69, 9.17) is 0 Å². The Bertz CT molecular complexity index is 748. The molecule has 28 heavy (non-hydrogen) atoms. The molecule has 4 fully saturated rings. The molecule has 1 heterocycles. The van der Waals surface area contributed by atoms with Crippen molar-refractivity contribution >= 4 is 6.03 Å². The molecule has 3 aliphatic carbocycles. The average Bonchev–Trinajstić information content (AvgIpc) is 3.40. The van der Waals surface area contributed by atoms with Gasteiger partial charge < -0.3 is 14.9 Å². The minimum Gasteiger partial charge on any atom is -0.388 e. The maximum absolute atomic E-state index is 13.3. The highest BCUT2D eigenvalue weighted by molar-refractivity contribution is 5.79. The van der Waals surface area contributed by atoms with E-state index in [9.17, 15) is 9.90 Å². The number of hydrogen-bond donors (Lipinski definition) is 1. The van der Waals surface area contributed by atoms with Crippen LogP contribution in [0.1, 0.15) is 50.5 Å². The Kier molecular flexibility index (Phi) is 4.08. The summed E-state index contributed by atoms with van der Waals surface area (Å²) >= 11 is 0. The molecular formula is C23H33N3O2. The summed E-state index contributed by atoms with van der Waals surface area (Å²) in [7, 11) is 4.33. The van der Waals surface area contributed by atoms with Gasteiger partial charge >= 0.3 is 6.03 Å². The molecule has 1 aromatic rings. The first-order valence-electron chi connectivity index (χ1n) is 10.9. The summed E-state index contributed by atoms with van der Waals surface area (Å²) in [5.41, 5.74) is 0.612. The molecule has 0 aromatic heterocycles. The van der Waals surface area contributed by atoms with Crippen LogP contribution in [-0.2, 0) is 5.54 Å². The van der Waals surface area contributed by atoms with Crippen LogP contribution >= 0.6 is 0 Å². The van der Waals surface area contributed by atoms with Crippen molar-refractivity contribution in [2.75, 3.05) is 33.7 Å². The van der Waals surface area contributed by atoms with E-state index < -0.39 is 5.60 Å². The van der Waals surface area contributed by atoms with Gasteiger partial charge in [0.2, 0.25) is 0 Å². The van der Waals surface area contributed by atoms with Gasteiger partial charge in [-0.25, -0.2) is 4.79 Å². The van der Waals surface area contributed by atoms with Gasteiger partial charge in [-0.1, -0.05) is 30.3 Å². The van der Waals surface area contributed by atoms with E-state index in [-0.39, 0.29) is 17.1 Å². The number of benzene rings is 1. The fourth-order valence-electron chi connectivity index (χ4n) is 5.80. The molecule has 0 unspecified atom stereocenters. The van der Waals surface area contributed by atoms with E-state index in [2.05, 4.69) is 54.2 Å². The van der Waals surface area contributed by atoms with Crippen molar-refractivity contribution in [3.63, 3.8) is 0 Å². The van der Waals surface area contributed by atoms with Crippen molar-refractivity contribution in [3.05, 3.63) is 35.9 Å². The Balaban J connectivity index is 1.41. The highest BCUT2D eigenvalue weighted by Crippen LogP contribution is 2.57. The van der Waals surface area contributed by atoms with Crippen LogP contribution in [-0.4, -0.2) is 70.7 Å². The Morgan fingerprint density at radius 1 is 1.14 bits per heavy atom. The Morgan fingerprint density at radius 3 is 2.36 bits per heavy atom. The lowest BCUT2D eigenvalue weighted by atomic mass is 9.58. The van der Waals surface area contributed by atoms with Crippen LogP contribution in [0.4, 0.5) is 4.79 Å². The van der Waals surface area contributed by atoms with Crippen LogP contribution in [0, 0.1) is 5.92 Å². The topological polar surface area (TPSA) is 47.0 Å². The van der Waals surface area contributed by atoms with Gasteiger partial charge in [0.15, 0.2) is 0 Å². The van der Waals surface area contributed by atoms with Gasteiger partial charge in [-0.3, -0.25) is 4.90 Å². The Morgan fingerprint density at radius 2 is 1.82 bits per heavy atom. The number of urea groups is 1. The molecule has 1 aromatic carbocycles. The summed E-state index contributed by atoms with van der Waals surface area (Å²) in [5.74, 6) is 0.679. The molecule has 5 nitrogen and oxygen atoms in total. The van der Waals surface area contributed by atoms with Gasteiger partial charge in [0.05, 0.1) is 23.2 Å². The number of carbonyl (C=O) groups excluding carboxylic acids is 1. The third-order valence-corrected chi connectivity index (χ3v) is 7.88. The number of aliphatic hydroxyl groups is 1. The van der Waals surface area contributed by atoms with Gasteiger partial charge in [-0.15, -0.1) is 0 Å². The number of nitrogens with zero attached hydrogens (tertiary/aromatic N) is 3. The second-order valence-corrected chi connectivity index (χ2v) is 10.1. The first-order chi connectivity index (χ1) is 13.4. The van der Waals surface area contributed by atoms with E-state index in [1.807, 2.05) is 4.90 Å². The molecule has 4 aliphatic rings. The summed E-state index contributed by atoms with van der Waals surface area (Å²) in [6.45, 7) is 2.17. The quantitative estimate of drug-likeness (QED) is 0.821. The van der Waals surface area contributed by atoms with Crippen LogP contribution < -0.4 is 0 Å². The maximum atomic E-state index is 13.3. The normalized spacial score (nSPS) is 34.1. The molecule has 152 valence electrons. The second-order valence-electron chi connectivity index (χ2n) is 10.1. The van der Waals surface area contributed by atoms with E-state index in [1.54, 1.807) is 0 Å². The van der Waals surface area contributed by atoms with Gasteiger partial charge in [-0.2, -0.15) is 0 Å². The number of hydrogen-bond acceptors (Lipinski definition) is 3. The molecule has 1 spiro atoms. The molecule has 5 rings (SSSR count). The summed E-state index contributed by atoms with van der Waals surface area (Å²) in [5, 5.41) is 10.7. The second kappa shape index (κ2) is 6.20. The summed E-state index contributed by atoms with van der Waals surface area (Å²) in [6.07, 6.45) is 7.20. The third-order valence-electron chi connectivity index (χ3n) is 7.88. The Hall–Kier alpha value is -1.59. The lowest BCUT2D eigenvalue weighted by Gasteiger charge is -2.60. The molecule has 1 N–H and O–H groups in total. The summed E-state index contributed by atoms with van der Waals surface area (Å²) in [4.78, 5) is 19.8. The number of β-amino-alcohol motifs (C(OH)–C–C–N with tert-alkyl or cyclic N) is 1. The monoisotopic (exact) mass is 383 g/mol. The summed E-state index contributed by atoms with van der Waals surface area (Å²) in [6, 6.07) is 10.9. The fourth-order valence-corrected chi connectivity index (χ4v) is 5.80. The fraction of sp³-hybridized carbons (Fsp3) is 0.696. The Labute approximate surface area is 168 Å². The maximum Gasteiger partial charge on any atom is 0.320 e. The molecular weight excluding hydrogens is 350 g/mol. The largest absolute Gasteiger partial charge is 0.388 e. The van der Waals surface area contributed by atoms with Gasteiger partial charge in [-0.05, 0) is 70.5 Å². The zero-order chi connectivity index (χ0) is 19.6. The highest BCUT2D eigenvalue weighted by Gasteiger charge is 2.65. The van der Waals surface area contributed by atoms with Crippen molar-refractivity contribution in [1.82, 2.24) is 14.7 Å². The number of carbonyl (C=O) groups is 1. The van der Waals surface area contributed by atoms with E-state index >= 15 is 0 Å². The van der Waals surface area contributed by atoms with Crippen molar-refractivity contribution in [3.8, 4) is 0 Å². The van der Waals surface area contributed by atoms with Crippen LogP contribution in [0.25, 0.3) is 0 Å². The molecule has 3 saturated carbocycles. The molecule has 1 aliphatic heterocycles. The number of amides is 2. The highest BCUT2D eigenvalue weighted by atomic mass is 16.3. The van der Waals surface area contributed by atoms with E-state index in [0.29, 0.717) is 12.5 Å². The molecule has 0 radical (unpaired) electrons. The third kappa shape index (κ3) is 2.78. The summed E-state index contributed by atoms with van der Waals surface area (Å²) < 4.78 is 0. The van der Waals surface area contributed by atoms with Crippen molar-refractivity contribution < 1.29 is 9.90 Å². The average molecular weight is 384 g/mol. The standard InChI is InChI=1S/C23H33N3O2/c1-24(2)23(19-7-4-3-5-8-19)14-21(15-23)16-25(17-22(28)11-6-12-22)20(27)26(21)13-18-9-10-18/h3-5,7-8,18,28H,6,9-17H2,1-2H3. The first kappa shape index (κ1) is 18.4. The van der Waals surface area contributed by atoms with Crippen LogP contribution in [0.15, 0.2) is 30.3 Å². The van der Waals surface area contributed by atoms with Crippen LogP contribution in [0.2, 0.25) is 0 Å². The van der Waals surface area contributed by atoms with Crippen LogP contribution in [0.3, 0.4) is 0 Å². The lowest BCUT2D eigenvalue weighted by molar-refractivity contribution is -0.0764. The molecule has 1 saturated heterocycles. The number of rotatable bonds is 6. The van der Waals surface area contributed by atoms with E-state index in [1.165, 1.54) is 18.4 Å². The van der Waals surface area contributed by atoms with Crippen LogP contribution in [0.5, 0.6) is 0 Å². The SMILES string of the molecule is CN(C)C1(c2ccccc2)CC2(CN(CC3(O)CCC3)C(=O)N2CC2CC2)C1. The minimum absolute atomic E-state index is 0.00722. The van der Waals surface area contributed by atoms with Gasteiger partial charge in [0.1, 0.15) is 0 Å². The van der Waals surface area contributed by atoms with Gasteiger partial charge in [0.25, 0.3) is 0 Å². The molecule has 0 atom stereocenters. The minimum atomic E-state index is -0.645. The first-order valence-corrected chi connectivity index (χ1v) is 10.9. The van der Waals surface area contributed by atoms with Crippen molar-refractivity contribution in [1.29, 1.82) is 0 Å². The molecule has 2 amide bonds. The van der Waals surface area contributed by atoms with Gasteiger partial charge in [0, 0.05) is 13.1 Å². The zero-order valence-corrected chi connectivity index (χ0v) is 17.2. The predicted molar refractivity (Wildman–Crippen MR) is 109 cm³/mol.